The van der Waals surface area contributed by atoms with Gasteiger partial charge in [0.15, 0.2) is 6.61 Å². The van der Waals surface area contributed by atoms with Crippen LogP contribution >= 0.6 is 0 Å². The van der Waals surface area contributed by atoms with Gasteiger partial charge < -0.3 is 4.74 Å². The SMILES string of the molecule is CCC(=O)OC[C]=O. The van der Waals surface area contributed by atoms with Crippen LogP contribution in [0.4, 0.5) is 0 Å². The first-order valence-corrected chi connectivity index (χ1v) is 2.32. The highest BCUT2D eigenvalue weighted by Crippen LogP contribution is 1.80. The number of carbonyl (C=O) groups is 1. The van der Waals surface area contributed by atoms with E-state index in [1.54, 1.807) is 6.92 Å². The van der Waals surface area contributed by atoms with Crippen molar-refractivity contribution in [1.29, 1.82) is 0 Å². The lowest BCUT2D eigenvalue weighted by molar-refractivity contribution is -0.141. The molecule has 0 amide bonds. The van der Waals surface area contributed by atoms with Crippen LogP contribution in [0.5, 0.6) is 0 Å². The highest BCUT2D eigenvalue weighted by molar-refractivity contribution is 5.70. The molecular formula is C5H7O3. The third-order valence-corrected chi connectivity index (χ3v) is 0.581. The lowest BCUT2D eigenvalue weighted by Crippen LogP contribution is -2.03. The topological polar surface area (TPSA) is 43.4 Å². The minimum Gasteiger partial charge on any atom is -0.457 e. The number of hydrogen-bond acceptors (Lipinski definition) is 3. The maximum absolute atomic E-state index is 10.2. The average molecular weight is 115 g/mol. The molecule has 0 aromatic rings. The van der Waals surface area contributed by atoms with E-state index in [1.165, 1.54) is 6.29 Å². The monoisotopic (exact) mass is 115 g/mol. The zero-order valence-electron chi connectivity index (χ0n) is 4.64. The van der Waals surface area contributed by atoms with E-state index in [1.807, 2.05) is 0 Å². The second-order valence-electron chi connectivity index (χ2n) is 1.16. The van der Waals surface area contributed by atoms with E-state index in [2.05, 4.69) is 4.74 Å². The van der Waals surface area contributed by atoms with E-state index < -0.39 is 0 Å². The van der Waals surface area contributed by atoms with Crippen molar-refractivity contribution in [1.82, 2.24) is 0 Å². The standard InChI is InChI=1S/C5H7O3/c1-2-5(7)8-4-3-6/h2,4H2,1H3. The van der Waals surface area contributed by atoms with Crippen molar-refractivity contribution in [2.75, 3.05) is 6.61 Å². The Morgan fingerprint density at radius 1 is 1.75 bits per heavy atom. The summed E-state index contributed by atoms with van der Waals surface area (Å²) in [7, 11) is 0. The van der Waals surface area contributed by atoms with Gasteiger partial charge in [-0.2, -0.15) is 0 Å². The maximum atomic E-state index is 10.2. The van der Waals surface area contributed by atoms with Crippen molar-refractivity contribution in [2.45, 2.75) is 13.3 Å². The third-order valence-electron chi connectivity index (χ3n) is 0.581. The van der Waals surface area contributed by atoms with Gasteiger partial charge in [-0.1, -0.05) is 6.92 Å². The van der Waals surface area contributed by atoms with Crippen LogP contribution in [0, 0.1) is 0 Å². The molecule has 0 aliphatic carbocycles. The van der Waals surface area contributed by atoms with Crippen molar-refractivity contribution in [3.63, 3.8) is 0 Å². The highest BCUT2D eigenvalue weighted by atomic mass is 16.5. The minimum atomic E-state index is -0.367. The first kappa shape index (κ1) is 7.14. The average Bonchev–Trinajstić information content (AvgIpc) is 1.83. The van der Waals surface area contributed by atoms with Crippen molar-refractivity contribution in [3.05, 3.63) is 0 Å². The minimum absolute atomic E-state index is 0.243. The van der Waals surface area contributed by atoms with Crippen LogP contribution in [0.3, 0.4) is 0 Å². The molecule has 3 heteroatoms. The summed E-state index contributed by atoms with van der Waals surface area (Å²) in [6, 6.07) is 0. The zero-order valence-corrected chi connectivity index (χ0v) is 4.64. The predicted octanol–water partition coefficient (Wildman–Crippen LogP) is 0.0493. The number of rotatable bonds is 3. The molecule has 45 valence electrons. The molecule has 0 bridgehead atoms. The molecule has 0 aliphatic rings. The van der Waals surface area contributed by atoms with Crippen LogP contribution < -0.4 is 0 Å². The van der Waals surface area contributed by atoms with Crippen LogP contribution in [0.2, 0.25) is 0 Å². The third kappa shape index (κ3) is 3.33. The molecule has 0 aromatic heterocycles. The summed E-state index contributed by atoms with van der Waals surface area (Å²) in [6.45, 7) is 1.42. The van der Waals surface area contributed by atoms with Crippen LogP contribution in [0.1, 0.15) is 13.3 Å². The second kappa shape index (κ2) is 4.30. The molecule has 3 nitrogen and oxygen atoms in total. The largest absolute Gasteiger partial charge is 0.457 e. The van der Waals surface area contributed by atoms with E-state index >= 15 is 0 Å². The molecule has 0 atom stereocenters. The summed E-state index contributed by atoms with van der Waals surface area (Å²) in [5.41, 5.74) is 0. The van der Waals surface area contributed by atoms with Crippen molar-refractivity contribution < 1.29 is 14.3 Å². The molecule has 0 heterocycles. The number of hydrogen-bond donors (Lipinski definition) is 0. The van der Waals surface area contributed by atoms with E-state index in [0.29, 0.717) is 6.42 Å². The summed E-state index contributed by atoms with van der Waals surface area (Å²) in [4.78, 5) is 19.6. The van der Waals surface area contributed by atoms with E-state index in [4.69, 9.17) is 0 Å². The lowest BCUT2D eigenvalue weighted by atomic mass is 10.5. The predicted molar refractivity (Wildman–Crippen MR) is 26.9 cm³/mol. The molecular weight excluding hydrogens is 108 g/mol. The molecule has 1 radical (unpaired) electrons. The molecule has 0 fully saturated rings. The van der Waals surface area contributed by atoms with Crippen molar-refractivity contribution in [3.8, 4) is 0 Å². The van der Waals surface area contributed by atoms with Gasteiger partial charge in [-0.25, -0.2) is 0 Å². The fraction of sp³-hybridized carbons (Fsp3) is 0.600. The lowest BCUT2D eigenvalue weighted by Gasteiger charge is -1.92. The van der Waals surface area contributed by atoms with Gasteiger partial charge in [-0.05, 0) is 0 Å². The molecule has 0 N–H and O–H groups in total. The highest BCUT2D eigenvalue weighted by Gasteiger charge is 1.94. The Morgan fingerprint density at radius 3 is 2.75 bits per heavy atom. The summed E-state index contributed by atoms with van der Waals surface area (Å²) < 4.78 is 4.28. The molecule has 0 aliphatic heterocycles. The zero-order chi connectivity index (χ0) is 6.41. The smallest absolute Gasteiger partial charge is 0.305 e. The van der Waals surface area contributed by atoms with Crippen LogP contribution in [-0.4, -0.2) is 18.9 Å². The van der Waals surface area contributed by atoms with Gasteiger partial charge in [0.25, 0.3) is 0 Å². The summed E-state index contributed by atoms with van der Waals surface area (Å²) in [5, 5.41) is 0. The van der Waals surface area contributed by atoms with Gasteiger partial charge in [0.1, 0.15) is 0 Å². The van der Waals surface area contributed by atoms with E-state index in [-0.39, 0.29) is 12.6 Å². The first-order chi connectivity index (χ1) is 3.81. The van der Waals surface area contributed by atoms with E-state index in [0.717, 1.165) is 0 Å². The Kier molecular flexibility index (Phi) is 3.84. The maximum Gasteiger partial charge on any atom is 0.305 e. The Balaban J connectivity index is 3.11. The molecule has 8 heavy (non-hydrogen) atoms. The first-order valence-electron chi connectivity index (χ1n) is 2.32. The fourth-order valence-electron chi connectivity index (χ4n) is 0.212. The van der Waals surface area contributed by atoms with Crippen LogP contribution in [0.25, 0.3) is 0 Å². The number of esters is 1. The number of ether oxygens (including phenoxy) is 1. The second-order valence-corrected chi connectivity index (χ2v) is 1.16. The van der Waals surface area contributed by atoms with E-state index in [9.17, 15) is 9.59 Å². The Hall–Kier alpha value is -0.860. The van der Waals surface area contributed by atoms with Crippen molar-refractivity contribution >= 4 is 12.3 Å². The molecule has 0 aromatic carbocycles. The Morgan fingerprint density at radius 2 is 2.38 bits per heavy atom. The van der Waals surface area contributed by atoms with Crippen LogP contribution in [0.15, 0.2) is 0 Å². The normalized spacial score (nSPS) is 8.12. The van der Waals surface area contributed by atoms with Crippen molar-refractivity contribution in [2.24, 2.45) is 0 Å². The van der Waals surface area contributed by atoms with Gasteiger partial charge in [-0.15, -0.1) is 0 Å². The molecule has 0 spiro atoms. The van der Waals surface area contributed by atoms with Gasteiger partial charge in [0, 0.05) is 6.42 Å². The van der Waals surface area contributed by atoms with Crippen LogP contribution in [-0.2, 0) is 14.3 Å². The summed E-state index contributed by atoms with van der Waals surface area (Å²) in [5.74, 6) is -0.367. The fourth-order valence-corrected chi connectivity index (χ4v) is 0.212. The van der Waals surface area contributed by atoms with Gasteiger partial charge >= 0.3 is 5.97 Å². The number of carbonyl (C=O) groups excluding carboxylic acids is 2. The summed E-state index contributed by atoms with van der Waals surface area (Å²) >= 11 is 0. The molecule has 0 rings (SSSR count). The molecule has 0 saturated carbocycles. The summed E-state index contributed by atoms with van der Waals surface area (Å²) in [6.07, 6.45) is 1.75. The molecule has 0 saturated heterocycles. The Labute approximate surface area is 47.6 Å². The quantitative estimate of drug-likeness (QED) is 0.488. The van der Waals surface area contributed by atoms with Gasteiger partial charge in [0.05, 0.1) is 0 Å². The molecule has 0 unspecified atom stereocenters. The van der Waals surface area contributed by atoms with Gasteiger partial charge in [0.2, 0.25) is 6.29 Å². The Bertz CT molecular complexity index is 87.7. The van der Waals surface area contributed by atoms with Gasteiger partial charge in [-0.3, -0.25) is 9.59 Å².